The highest BCUT2D eigenvalue weighted by Gasteiger charge is 2.21. The Balaban J connectivity index is 1.50. The van der Waals surface area contributed by atoms with Crippen molar-refractivity contribution in [1.82, 2.24) is 10.3 Å². The van der Waals surface area contributed by atoms with Crippen molar-refractivity contribution in [2.75, 3.05) is 6.54 Å². The number of amides is 1. The van der Waals surface area contributed by atoms with Gasteiger partial charge in [0, 0.05) is 29.8 Å². The van der Waals surface area contributed by atoms with Gasteiger partial charge in [0.15, 0.2) is 0 Å². The second kappa shape index (κ2) is 6.85. The summed E-state index contributed by atoms with van der Waals surface area (Å²) in [7, 11) is 0. The smallest absolute Gasteiger partial charge is 0.223 e. The van der Waals surface area contributed by atoms with Crippen LogP contribution in [0.5, 0.6) is 0 Å². The highest BCUT2D eigenvalue weighted by Crippen LogP contribution is 2.25. The van der Waals surface area contributed by atoms with Gasteiger partial charge < -0.3 is 5.32 Å². The fourth-order valence-electron chi connectivity index (χ4n) is 2.79. The number of rotatable bonds is 5. The third-order valence-corrected chi connectivity index (χ3v) is 4.89. The molecule has 3 rings (SSSR count). The molecular formula is C17H20N2OS. The Labute approximate surface area is 129 Å². The maximum atomic E-state index is 11.9. The lowest BCUT2D eigenvalue weighted by Crippen LogP contribution is -2.30. The van der Waals surface area contributed by atoms with Crippen LogP contribution in [-0.4, -0.2) is 17.4 Å². The molecule has 0 atom stereocenters. The van der Waals surface area contributed by atoms with Crippen LogP contribution < -0.4 is 5.32 Å². The van der Waals surface area contributed by atoms with Crippen LogP contribution in [0.2, 0.25) is 0 Å². The summed E-state index contributed by atoms with van der Waals surface area (Å²) >= 11 is 1.67. The molecule has 0 radical (unpaired) electrons. The van der Waals surface area contributed by atoms with Gasteiger partial charge in [-0.1, -0.05) is 43.2 Å². The van der Waals surface area contributed by atoms with E-state index in [4.69, 9.17) is 0 Å². The Bertz CT molecular complexity index is 588. The number of hydrogen-bond donors (Lipinski definition) is 1. The van der Waals surface area contributed by atoms with Crippen LogP contribution in [0.3, 0.4) is 0 Å². The highest BCUT2D eigenvalue weighted by atomic mass is 32.1. The van der Waals surface area contributed by atoms with Crippen molar-refractivity contribution in [3.63, 3.8) is 0 Å². The maximum Gasteiger partial charge on any atom is 0.223 e. The third-order valence-electron chi connectivity index (χ3n) is 3.99. The van der Waals surface area contributed by atoms with E-state index in [-0.39, 0.29) is 11.8 Å². The first kappa shape index (κ1) is 14.3. The number of hydrogen-bond acceptors (Lipinski definition) is 3. The second-order valence-corrected chi connectivity index (χ2v) is 6.46. The number of carbonyl (C=O) groups excluding carboxylic acids is 1. The van der Waals surface area contributed by atoms with E-state index in [0.29, 0.717) is 6.54 Å². The van der Waals surface area contributed by atoms with Gasteiger partial charge in [-0.15, -0.1) is 11.3 Å². The lowest BCUT2D eigenvalue weighted by atomic mass is 10.1. The minimum atomic E-state index is 0.229. The first-order chi connectivity index (χ1) is 10.3. The standard InChI is InChI=1S/C17H20N2OS/c20-17(14-8-4-5-9-14)18-11-10-16-19-15(12-21-16)13-6-2-1-3-7-13/h1-3,6-7,12,14H,4-5,8-11H2,(H,18,20). The van der Waals surface area contributed by atoms with Crippen molar-refractivity contribution in [1.29, 1.82) is 0 Å². The minimum Gasteiger partial charge on any atom is -0.355 e. The quantitative estimate of drug-likeness (QED) is 0.915. The summed E-state index contributed by atoms with van der Waals surface area (Å²) < 4.78 is 0. The third kappa shape index (κ3) is 3.70. The molecule has 1 fully saturated rings. The van der Waals surface area contributed by atoms with Crippen molar-refractivity contribution in [3.8, 4) is 11.3 Å². The van der Waals surface area contributed by atoms with Gasteiger partial charge in [-0.2, -0.15) is 0 Å². The molecule has 0 unspecified atom stereocenters. The molecule has 4 heteroatoms. The van der Waals surface area contributed by atoms with Gasteiger partial charge in [0.25, 0.3) is 0 Å². The molecule has 3 nitrogen and oxygen atoms in total. The number of nitrogens with one attached hydrogen (secondary N) is 1. The summed E-state index contributed by atoms with van der Waals surface area (Å²) in [5.74, 6) is 0.480. The van der Waals surface area contributed by atoms with E-state index >= 15 is 0 Å². The van der Waals surface area contributed by atoms with Crippen molar-refractivity contribution < 1.29 is 4.79 Å². The fraction of sp³-hybridized carbons (Fsp3) is 0.412. The molecular weight excluding hydrogens is 280 g/mol. The summed E-state index contributed by atoms with van der Waals surface area (Å²) in [5, 5.41) is 6.22. The zero-order valence-electron chi connectivity index (χ0n) is 12.0. The largest absolute Gasteiger partial charge is 0.355 e. The number of carbonyl (C=O) groups is 1. The lowest BCUT2D eigenvalue weighted by molar-refractivity contribution is -0.124. The molecule has 1 N–H and O–H groups in total. The molecule has 1 aliphatic carbocycles. The molecule has 0 bridgehead atoms. The van der Waals surface area contributed by atoms with Gasteiger partial charge in [0.2, 0.25) is 5.91 Å². The molecule has 0 saturated heterocycles. The second-order valence-electron chi connectivity index (χ2n) is 5.51. The van der Waals surface area contributed by atoms with Gasteiger partial charge in [0.1, 0.15) is 0 Å². The molecule has 21 heavy (non-hydrogen) atoms. The Kier molecular flexibility index (Phi) is 4.65. The zero-order chi connectivity index (χ0) is 14.5. The molecule has 1 heterocycles. The number of aromatic nitrogens is 1. The molecule has 2 aromatic rings. The molecule has 1 aromatic heterocycles. The average molecular weight is 300 g/mol. The number of benzene rings is 1. The van der Waals surface area contributed by atoms with Gasteiger partial charge >= 0.3 is 0 Å². The van der Waals surface area contributed by atoms with Gasteiger partial charge in [-0.05, 0) is 12.8 Å². The van der Waals surface area contributed by atoms with E-state index in [1.165, 1.54) is 12.8 Å². The summed E-state index contributed by atoms with van der Waals surface area (Å²) in [6.07, 6.45) is 5.33. The summed E-state index contributed by atoms with van der Waals surface area (Å²) in [6.45, 7) is 0.692. The first-order valence-electron chi connectivity index (χ1n) is 7.60. The maximum absolute atomic E-state index is 11.9. The predicted molar refractivity (Wildman–Crippen MR) is 86.2 cm³/mol. The van der Waals surface area contributed by atoms with Crippen LogP contribution in [0.25, 0.3) is 11.3 Å². The van der Waals surface area contributed by atoms with E-state index in [9.17, 15) is 4.79 Å². The molecule has 1 aliphatic rings. The summed E-state index contributed by atoms with van der Waals surface area (Å²) in [6, 6.07) is 10.2. The monoisotopic (exact) mass is 300 g/mol. The van der Waals surface area contributed by atoms with Gasteiger partial charge in [-0.3, -0.25) is 4.79 Å². The number of thiazole rings is 1. The highest BCUT2D eigenvalue weighted by molar-refractivity contribution is 7.09. The van der Waals surface area contributed by atoms with E-state index < -0.39 is 0 Å². The average Bonchev–Trinajstić information content (AvgIpc) is 3.20. The lowest BCUT2D eigenvalue weighted by Gasteiger charge is -2.09. The van der Waals surface area contributed by atoms with Crippen molar-refractivity contribution in [2.24, 2.45) is 5.92 Å². The summed E-state index contributed by atoms with van der Waals surface area (Å²) in [4.78, 5) is 16.6. The van der Waals surface area contributed by atoms with Crippen LogP contribution in [0.15, 0.2) is 35.7 Å². The van der Waals surface area contributed by atoms with Crippen LogP contribution in [0.4, 0.5) is 0 Å². The molecule has 1 saturated carbocycles. The summed E-state index contributed by atoms with van der Waals surface area (Å²) in [5.41, 5.74) is 2.17. The Morgan fingerprint density at radius 2 is 2.00 bits per heavy atom. The van der Waals surface area contributed by atoms with Gasteiger partial charge in [0.05, 0.1) is 10.7 Å². The van der Waals surface area contributed by atoms with Crippen LogP contribution in [-0.2, 0) is 11.2 Å². The molecule has 0 aliphatic heterocycles. The molecule has 1 aromatic carbocycles. The fourth-order valence-corrected chi connectivity index (χ4v) is 3.60. The van der Waals surface area contributed by atoms with E-state index in [0.717, 1.165) is 35.5 Å². The van der Waals surface area contributed by atoms with E-state index in [2.05, 4.69) is 27.8 Å². The Hall–Kier alpha value is -1.68. The number of nitrogens with zero attached hydrogens (tertiary/aromatic N) is 1. The van der Waals surface area contributed by atoms with Crippen molar-refractivity contribution >= 4 is 17.2 Å². The first-order valence-corrected chi connectivity index (χ1v) is 8.48. The normalized spacial score (nSPS) is 15.2. The molecule has 1 amide bonds. The minimum absolute atomic E-state index is 0.229. The van der Waals surface area contributed by atoms with Gasteiger partial charge in [-0.25, -0.2) is 4.98 Å². The molecule has 110 valence electrons. The Morgan fingerprint density at radius 3 is 2.76 bits per heavy atom. The topological polar surface area (TPSA) is 42.0 Å². The SMILES string of the molecule is O=C(NCCc1nc(-c2ccccc2)cs1)C1CCCC1. The van der Waals surface area contributed by atoms with Crippen LogP contribution in [0.1, 0.15) is 30.7 Å². The predicted octanol–water partition coefficient (Wildman–Crippen LogP) is 3.66. The van der Waals surface area contributed by atoms with Crippen LogP contribution >= 0.6 is 11.3 Å². The van der Waals surface area contributed by atoms with Crippen molar-refractivity contribution in [3.05, 3.63) is 40.7 Å². The van der Waals surface area contributed by atoms with Crippen molar-refractivity contribution in [2.45, 2.75) is 32.1 Å². The van der Waals surface area contributed by atoms with E-state index in [1.807, 2.05) is 18.2 Å². The Morgan fingerprint density at radius 1 is 1.24 bits per heavy atom. The van der Waals surface area contributed by atoms with E-state index in [1.54, 1.807) is 11.3 Å². The molecule has 0 spiro atoms. The van der Waals surface area contributed by atoms with Crippen LogP contribution in [0, 0.1) is 5.92 Å². The zero-order valence-corrected chi connectivity index (χ0v) is 12.9.